The quantitative estimate of drug-likeness (QED) is 0.637. The predicted octanol–water partition coefficient (Wildman–Crippen LogP) is 3.79. The molecule has 0 N–H and O–H groups in total. The highest BCUT2D eigenvalue weighted by atomic mass is 16.5. The Labute approximate surface area is 170 Å². The number of carbonyl (C=O) groups excluding carboxylic acids is 1. The largest absolute Gasteiger partial charge is 0.496 e. The van der Waals surface area contributed by atoms with E-state index >= 15 is 0 Å². The molecule has 29 heavy (non-hydrogen) atoms. The van der Waals surface area contributed by atoms with Crippen molar-refractivity contribution in [1.82, 2.24) is 25.1 Å². The lowest BCUT2D eigenvalue weighted by molar-refractivity contribution is -0.137. The van der Waals surface area contributed by atoms with Gasteiger partial charge in [-0.1, -0.05) is 50.6 Å². The SMILES string of the molecule is CC[C@H](C)[C@@H](C(=O)N1CCC[C@@H]1c1ccc(OC)c2ccccc12)n1cnnn1. The first-order valence-electron chi connectivity index (χ1n) is 10.2. The van der Waals surface area contributed by atoms with Crippen molar-refractivity contribution < 1.29 is 9.53 Å². The van der Waals surface area contributed by atoms with Gasteiger partial charge in [-0.05, 0) is 46.2 Å². The van der Waals surface area contributed by atoms with E-state index < -0.39 is 0 Å². The molecule has 1 fully saturated rings. The van der Waals surface area contributed by atoms with Crippen LogP contribution in [-0.2, 0) is 4.79 Å². The lowest BCUT2D eigenvalue weighted by Crippen LogP contribution is -2.39. The summed E-state index contributed by atoms with van der Waals surface area (Å²) in [5, 5.41) is 13.8. The third kappa shape index (κ3) is 3.45. The highest BCUT2D eigenvalue weighted by Crippen LogP contribution is 2.40. The van der Waals surface area contributed by atoms with Crippen LogP contribution in [0, 0.1) is 5.92 Å². The lowest BCUT2D eigenvalue weighted by Gasteiger charge is -2.32. The molecular formula is C22H27N5O2. The normalized spacial score (nSPS) is 18.7. The molecule has 0 unspecified atom stereocenters. The fourth-order valence-corrected chi connectivity index (χ4v) is 4.42. The molecule has 152 valence electrons. The van der Waals surface area contributed by atoms with Crippen molar-refractivity contribution in [3.63, 3.8) is 0 Å². The van der Waals surface area contributed by atoms with E-state index in [1.807, 2.05) is 23.1 Å². The minimum absolute atomic E-state index is 0.0429. The Bertz CT molecular complexity index is 988. The van der Waals surface area contributed by atoms with Crippen LogP contribution in [0.4, 0.5) is 0 Å². The van der Waals surface area contributed by atoms with Crippen LogP contribution in [0.25, 0.3) is 10.8 Å². The molecule has 2 aromatic carbocycles. The van der Waals surface area contributed by atoms with Crippen molar-refractivity contribution >= 4 is 16.7 Å². The molecule has 1 amide bonds. The van der Waals surface area contributed by atoms with E-state index in [9.17, 15) is 4.79 Å². The molecule has 0 saturated carbocycles. The van der Waals surface area contributed by atoms with Crippen molar-refractivity contribution in [1.29, 1.82) is 0 Å². The summed E-state index contributed by atoms with van der Waals surface area (Å²) in [5.41, 5.74) is 1.17. The van der Waals surface area contributed by atoms with Crippen molar-refractivity contribution in [2.75, 3.05) is 13.7 Å². The fourth-order valence-electron chi connectivity index (χ4n) is 4.42. The Morgan fingerprint density at radius 2 is 2.03 bits per heavy atom. The van der Waals surface area contributed by atoms with Gasteiger partial charge in [0, 0.05) is 11.9 Å². The second-order valence-electron chi connectivity index (χ2n) is 7.71. The second kappa shape index (κ2) is 8.19. The van der Waals surface area contributed by atoms with Crippen LogP contribution in [0.15, 0.2) is 42.7 Å². The first-order chi connectivity index (χ1) is 14.2. The van der Waals surface area contributed by atoms with Gasteiger partial charge < -0.3 is 9.64 Å². The maximum atomic E-state index is 13.7. The zero-order valence-electron chi connectivity index (χ0n) is 17.2. The minimum Gasteiger partial charge on any atom is -0.496 e. The van der Waals surface area contributed by atoms with Gasteiger partial charge in [0.15, 0.2) is 0 Å². The summed E-state index contributed by atoms with van der Waals surface area (Å²) in [5.74, 6) is 1.08. The van der Waals surface area contributed by atoms with Crippen LogP contribution in [-0.4, -0.2) is 44.7 Å². The van der Waals surface area contributed by atoms with Crippen molar-refractivity contribution in [3.05, 3.63) is 48.3 Å². The van der Waals surface area contributed by atoms with Crippen LogP contribution < -0.4 is 4.74 Å². The summed E-state index contributed by atoms with van der Waals surface area (Å²) in [6, 6.07) is 12.0. The summed E-state index contributed by atoms with van der Waals surface area (Å²) in [7, 11) is 1.69. The fraction of sp³-hybridized carbons (Fsp3) is 0.455. The van der Waals surface area contributed by atoms with Crippen LogP contribution in [0.2, 0.25) is 0 Å². The molecule has 3 aromatic rings. The van der Waals surface area contributed by atoms with Gasteiger partial charge in [0.05, 0.1) is 13.2 Å². The molecule has 7 heteroatoms. The van der Waals surface area contributed by atoms with Gasteiger partial charge in [-0.3, -0.25) is 4.79 Å². The zero-order valence-corrected chi connectivity index (χ0v) is 17.2. The van der Waals surface area contributed by atoms with Gasteiger partial charge in [0.1, 0.15) is 18.1 Å². The van der Waals surface area contributed by atoms with E-state index in [0.29, 0.717) is 0 Å². The summed E-state index contributed by atoms with van der Waals surface area (Å²) < 4.78 is 7.16. The summed E-state index contributed by atoms with van der Waals surface area (Å²) in [6.45, 7) is 4.92. The molecule has 0 bridgehead atoms. The Hall–Kier alpha value is -2.96. The van der Waals surface area contributed by atoms with E-state index in [-0.39, 0.29) is 23.9 Å². The number of likely N-dealkylation sites (tertiary alicyclic amines) is 1. The first-order valence-corrected chi connectivity index (χ1v) is 10.2. The van der Waals surface area contributed by atoms with E-state index in [1.54, 1.807) is 18.1 Å². The number of methoxy groups -OCH3 is 1. The predicted molar refractivity (Wildman–Crippen MR) is 110 cm³/mol. The Balaban J connectivity index is 1.73. The number of hydrogen-bond acceptors (Lipinski definition) is 5. The maximum Gasteiger partial charge on any atom is 0.248 e. The van der Waals surface area contributed by atoms with Crippen LogP contribution in [0.5, 0.6) is 5.75 Å². The van der Waals surface area contributed by atoms with Gasteiger partial charge in [0.25, 0.3) is 0 Å². The smallest absolute Gasteiger partial charge is 0.248 e. The average molecular weight is 393 g/mol. The van der Waals surface area contributed by atoms with Crippen LogP contribution in [0.3, 0.4) is 0 Å². The molecule has 1 aromatic heterocycles. The van der Waals surface area contributed by atoms with Crippen LogP contribution >= 0.6 is 0 Å². The van der Waals surface area contributed by atoms with E-state index in [1.165, 1.54) is 5.56 Å². The molecular weight excluding hydrogens is 366 g/mol. The van der Waals surface area contributed by atoms with Crippen molar-refractivity contribution in [2.45, 2.75) is 45.2 Å². The maximum absolute atomic E-state index is 13.7. The zero-order chi connectivity index (χ0) is 20.4. The van der Waals surface area contributed by atoms with Gasteiger partial charge in [-0.2, -0.15) is 0 Å². The molecule has 0 spiro atoms. The number of fused-ring (bicyclic) bond motifs is 1. The molecule has 1 aliphatic rings. The van der Waals surface area contributed by atoms with E-state index in [2.05, 4.69) is 47.6 Å². The molecule has 0 radical (unpaired) electrons. The van der Waals surface area contributed by atoms with Gasteiger partial charge >= 0.3 is 0 Å². The standard InChI is InChI=1S/C22H27N5O2/c1-4-15(2)21(27-14-23-24-25-27)22(28)26-13-7-10-19(26)17-11-12-20(29-3)18-9-6-5-8-16(17)18/h5-6,8-9,11-12,14-15,19,21H,4,7,10,13H2,1-3H3/t15-,19+,21-/m0/s1. The number of ether oxygens (including phenoxy) is 1. The number of aromatic nitrogens is 4. The minimum atomic E-state index is -0.389. The van der Waals surface area contributed by atoms with Gasteiger partial charge in [0.2, 0.25) is 5.91 Å². The number of nitrogens with zero attached hydrogens (tertiary/aromatic N) is 5. The number of rotatable bonds is 6. The van der Waals surface area contributed by atoms with E-state index in [4.69, 9.17) is 4.74 Å². The highest BCUT2D eigenvalue weighted by Gasteiger charge is 2.38. The molecule has 2 heterocycles. The van der Waals surface area contributed by atoms with Crippen molar-refractivity contribution in [3.8, 4) is 5.75 Å². The lowest BCUT2D eigenvalue weighted by atomic mass is 9.94. The molecule has 1 saturated heterocycles. The first kappa shape index (κ1) is 19.4. The van der Waals surface area contributed by atoms with Crippen molar-refractivity contribution in [2.24, 2.45) is 5.92 Å². The molecule has 7 nitrogen and oxygen atoms in total. The van der Waals surface area contributed by atoms with Gasteiger partial charge in [-0.25, -0.2) is 4.68 Å². The second-order valence-corrected chi connectivity index (χ2v) is 7.71. The Kier molecular flexibility index (Phi) is 5.47. The third-order valence-electron chi connectivity index (χ3n) is 6.12. The number of tetrazole rings is 1. The highest BCUT2D eigenvalue weighted by molar-refractivity contribution is 5.92. The third-order valence-corrected chi connectivity index (χ3v) is 6.12. The molecule has 3 atom stereocenters. The summed E-state index contributed by atoms with van der Waals surface area (Å²) in [4.78, 5) is 15.7. The number of carbonyl (C=O) groups is 1. The molecule has 1 aliphatic heterocycles. The average Bonchev–Trinajstić information content (AvgIpc) is 3.45. The molecule has 0 aliphatic carbocycles. The van der Waals surface area contributed by atoms with Crippen LogP contribution in [0.1, 0.15) is 50.8 Å². The number of hydrogen-bond donors (Lipinski definition) is 0. The summed E-state index contributed by atoms with van der Waals surface area (Å²) in [6.07, 6.45) is 4.35. The van der Waals surface area contributed by atoms with Gasteiger partial charge in [-0.15, -0.1) is 5.10 Å². The van der Waals surface area contributed by atoms with E-state index in [0.717, 1.165) is 42.3 Å². The number of amides is 1. The number of benzene rings is 2. The monoisotopic (exact) mass is 393 g/mol. The molecule has 4 rings (SSSR count). The summed E-state index contributed by atoms with van der Waals surface area (Å²) >= 11 is 0. The topological polar surface area (TPSA) is 73.1 Å². The Morgan fingerprint density at radius 1 is 1.24 bits per heavy atom. The Morgan fingerprint density at radius 3 is 2.72 bits per heavy atom.